The number of carbonyl (C=O) groups excluding carboxylic acids is 2. The summed E-state index contributed by atoms with van der Waals surface area (Å²) >= 11 is 0. The maximum Gasteiger partial charge on any atom is 0.302 e. The predicted molar refractivity (Wildman–Crippen MR) is 67.0 cm³/mol. The van der Waals surface area contributed by atoms with Gasteiger partial charge in [-0.3, -0.25) is 9.59 Å². The van der Waals surface area contributed by atoms with Gasteiger partial charge in [0.25, 0.3) is 0 Å². The first-order valence-corrected chi connectivity index (χ1v) is 4.39. The molecule has 0 saturated carbocycles. The molecule has 0 radical (unpaired) electrons. The lowest BCUT2D eigenvalue weighted by Gasteiger charge is -2.00. The van der Waals surface area contributed by atoms with Gasteiger partial charge in [-0.05, 0) is 0 Å². The van der Waals surface area contributed by atoms with Crippen LogP contribution in [0.25, 0.3) is 0 Å². The molecule has 0 rings (SSSR count). The Labute approximate surface area is 98.3 Å². The minimum atomic E-state index is -0.368. The molecule has 0 bridgehead atoms. The summed E-state index contributed by atoms with van der Waals surface area (Å²) in [6.45, 7) is 20.9. The van der Waals surface area contributed by atoms with Gasteiger partial charge in [0.05, 0.1) is 0 Å². The van der Waals surface area contributed by atoms with Gasteiger partial charge in [0.2, 0.25) is 0 Å². The van der Waals surface area contributed by atoms with E-state index in [-0.39, 0.29) is 25.2 Å². The van der Waals surface area contributed by atoms with E-state index in [1.165, 1.54) is 13.8 Å². The third kappa shape index (κ3) is 56.9. The smallest absolute Gasteiger partial charge is 0.302 e. The number of rotatable bonds is 3. The highest BCUT2D eigenvalue weighted by molar-refractivity contribution is 5.66. The average Bonchev–Trinajstić information content (AvgIpc) is 2.32. The Balaban J connectivity index is -0.000000103. The van der Waals surface area contributed by atoms with Gasteiger partial charge in [0, 0.05) is 13.8 Å². The summed E-state index contributed by atoms with van der Waals surface area (Å²) in [7, 11) is 0. The molecular formula is C12H22O4. The summed E-state index contributed by atoms with van der Waals surface area (Å²) in [5, 5.41) is 0. The second-order valence-corrected chi connectivity index (χ2v) is 1.68. The van der Waals surface area contributed by atoms with E-state index in [2.05, 4.69) is 48.9 Å². The molecule has 0 N–H and O–H groups in total. The molecule has 0 atom stereocenters. The summed E-state index contributed by atoms with van der Waals surface area (Å²) in [6.07, 6.45) is 0. The van der Waals surface area contributed by atoms with E-state index in [1.54, 1.807) is 0 Å². The maximum atomic E-state index is 10.1. The van der Waals surface area contributed by atoms with Crippen molar-refractivity contribution in [2.45, 2.75) is 13.8 Å². The Morgan fingerprint density at radius 2 is 0.938 bits per heavy atom. The molecular weight excluding hydrogens is 208 g/mol. The van der Waals surface area contributed by atoms with E-state index in [1.807, 2.05) is 0 Å². The van der Waals surface area contributed by atoms with Gasteiger partial charge in [0.1, 0.15) is 13.2 Å². The van der Waals surface area contributed by atoms with Crippen molar-refractivity contribution in [1.29, 1.82) is 0 Å². The van der Waals surface area contributed by atoms with Crippen LogP contribution in [0.3, 0.4) is 0 Å². The van der Waals surface area contributed by atoms with Gasteiger partial charge in [-0.2, -0.15) is 0 Å². The fourth-order valence-electron chi connectivity index (χ4n) is 0.371. The van der Waals surface area contributed by atoms with Crippen molar-refractivity contribution in [3.05, 3.63) is 39.5 Å². The molecule has 0 aromatic rings. The largest absolute Gasteiger partial charge is 0.462 e. The summed E-state index contributed by atoms with van der Waals surface area (Å²) in [5.74, 6) is -0.737. The lowest BCUT2D eigenvalue weighted by Crippen LogP contribution is -2.09. The Kier molecular flexibility index (Phi) is 43.4. The average molecular weight is 230 g/mol. The molecule has 0 fully saturated rings. The third-order valence-electron chi connectivity index (χ3n) is 0.694. The predicted octanol–water partition coefficient (Wildman–Crippen LogP) is 2.52. The Hall–Kier alpha value is -1.84. The van der Waals surface area contributed by atoms with Gasteiger partial charge in [-0.1, -0.05) is 0 Å². The molecule has 94 valence electrons. The lowest BCUT2D eigenvalue weighted by molar-refractivity contribution is -0.149. The van der Waals surface area contributed by atoms with E-state index in [0.717, 1.165) is 0 Å². The molecule has 0 spiro atoms. The van der Waals surface area contributed by atoms with E-state index >= 15 is 0 Å². The molecule has 4 nitrogen and oxygen atoms in total. The topological polar surface area (TPSA) is 52.6 Å². The van der Waals surface area contributed by atoms with Crippen LogP contribution in [-0.4, -0.2) is 25.2 Å². The molecule has 0 unspecified atom stereocenters. The molecule has 0 saturated heterocycles. The Bertz CT molecular complexity index is 146. The number of carbonyl (C=O) groups is 2. The molecule has 16 heavy (non-hydrogen) atoms. The Morgan fingerprint density at radius 1 is 0.750 bits per heavy atom. The number of esters is 2. The summed E-state index contributed by atoms with van der Waals surface area (Å²) in [5.41, 5.74) is 0. The van der Waals surface area contributed by atoms with Crippen molar-refractivity contribution >= 4 is 11.9 Å². The molecule has 0 aliphatic carbocycles. The number of hydrogen-bond donors (Lipinski definition) is 0. The fraction of sp³-hybridized carbons (Fsp3) is 0.333. The van der Waals surface area contributed by atoms with Gasteiger partial charge in [0.15, 0.2) is 0 Å². The normalized spacial score (nSPS) is 6.12. The fourth-order valence-corrected chi connectivity index (χ4v) is 0.371. The molecule has 0 amide bonds. The van der Waals surface area contributed by atoms with Crippen molar-refractivity contribution in [2.24, 2.45) is 0 Å². The highest BCUT2D eigenvalue weighted by Crippen LogP contribution is 1.79. The van der Waals surface area contributed by atoms with Crippen LogP contribution in [0.2, 0.25) is 0 Å². The Morgan fingerprint density at radius 3 is 1.06 bits per heavy atom. The van der Waals surface area contributed by atoms with Gasteiger partial charge >= 0.3 is 11.9 Å². The van der Waals surface area contributed by atoms with Crippen LogP contribution >= 0.6 is 0 Å². The quantitative estimate of drug-likeness (QED) is 0.424. The first-order valence-electron chi connectivity index (χ1n) is 4.39. The zero-order chi connectivity index (χ0) is 14.0. The van der Waals surface area contributed by atoms with Crippen LogP contribution in [0.1, 0.15) is 13.8 Å². The third-order valence-corrected chi connectivity index (χ3v) is 0.694. The zero-order valence-corrected chi connectivity index (χ0v) is 10.3. The van der Waals surface area contributed by atoms with Crippen molar-refractivity contribution in [2.75, 3.05) is 13.2 Å². The summed E-state index contributed by atoms with van der Waals surface area (Å²) in [6, 6.07) is 0. The monoisotopic (exact) mass is 230 g/mol. The van der Waals surface area contributed by atoms with Crippen LogP contribution in [-0.2, 0) is 19.1 Å². The number of ether oxygens (including phenoxy) is 2. The van der Waals surface area contributed by atoms with E-state index < -0.39 is 0 Å². The van der Waals surface area contributed by atoms with Crippen molar-refractivity contribution in [3.8, 4) is 0 Å². The van der Waals surface area contributed by atoms with Crippen molar-refractivity contribution < 1.29 is 19.1 Å². The van der Waals surface area contributed by atoms with Crippen LogP contribution in [0.4, 0.5) is 0 Å². The van der Waals surface area contributed by atoms with E-state index in [4.69, 9.17) is 0 Å². The van der Waals surface area contributed by atoms with Gasteiger partial charge < -0.3 is 9.47 Å². The SMILES string of the molecule is C=C.C=C.C=C.CC(=O)OCCOC(C)=O. The lowest BCUT2D eigenvalue weighted by atomic mass is 10.7. The first kappa shape index (κ1) is 23.8. The van der Waals surface area contributed by atoms with Crippen LogP contribution in [0.15, 0.2) is 39.5 Å². The molecule has 0 aliphatic rings. The standard InChI is InChI=1S/C6H10O4.3C2H4/c1-5(7)9-3-4-10-6(2)8;3*1-2/h3-4H2,1-2H3;3*1-2H2. The highest BCUT2D eigenvalue weighted by Gasteiger charge is 1.94. The first-order chi connectivity index (χ1) is 7.63. The minimum absolute atomic E-state index is 0.134. The second-order valence-electron chi connectivity index (χ2n) is 1.68. The zero-order valence-electron chi connectivity index (χ0n) is 10.3. The van der Waals surface area contributed by atoms with Crippen LogP contribution in [0.5, 0.6) is 0 Å². The van der Waals surface area contributed by atoms with E-state index in [0.29, 0.717) is 0 Å². The molecule has 4 heteroatoms. The molecule has 0 heterocycles. The van der Waals surface area contributed by atoms with Gasteiger partial charge in [-0.15, -0.1) is 39.5 Å². The maximum absolute atomic E-state index is 10.1. The molecule has 0 aliphatic heterocycles. The van der Waals surface area contributed by atoms with Crippen LogP contribution < -0.4 is 0 Å². The van der Waals surface area contributed by atoms with Crippen molar-refractivity contribution in [3.63, 3.8) is 0 Å². The molecule has 0 aromatic heterocycles. The van der Waals surface area contributed by atoms with Crippen LogP contribution in [0, 0.1) is 0 Å². The minimum Gasteiger partial charge on any atom is -0.462 e. The highest BCUT2D eigenvalue weighted by atomic mass is 16.6. The van der Waals surface area contributed by atoms with Gasteiger partial charge in [-0.25, -0.2) is 0 Å². The molecule has 0 aromatic carbocycles. The summed E-state index contributed by atoms with van der Waals surface area (Å²) < 4.78 is 8.95. The number of hydrogen-bond acceptors (Lipinski definition) is 4. The second kappa shape index (κ2) is 29.2. The van der Waals surface area contributed by atoms with Crippen molar-refractivity contribution in [1.82, 2.24) is 0 Å². The van der Waals surface area contributed by atoms with E-state index in [9.17, 15) is 9.59 Å². The summed E-state index contributed by atoms with van der Waals surface area (Å²) in [4.78, 5) is 20.3.